The van der Waals surface area contributed by atoms with Crippen LogP contribution in [0.25, 0.3) is 16.8 Å². The van der Waals surface area contributed by atoms with Gasteiger partial charge in [-0.05, 0) is 31.5 Å². The van der Waals surface area contributed by atoms with Crippen molar-refractivity contribution in [1.29, 1.82) is 5.26 Å². The lowest BCUT2D eigenvalue weighted by atomic mass is 9.97. The molecule has 0 spiro atoms. The van der Waals surface area contributed by atoms with Crippen LogP contribution >= 0.6 is 11.6 Å². The number of rotatable bonds is 6. The van der Waals surface area contributed by atoms with Crippen molar-refractivity contribution in [3.05, 3.63) is 64.6 Å². The lowest BCUT2D eigenvalue weighted by molar-refractivity contribution is -0.0163. The Morgan fingerprint density at radius 2 is 2.14 bits per heavy atom. The minimum Gasteiger partial charge on any atom is -0.488 e. The number of hydrogen-bond acceptors (Lipinski definition) is 7. The molecule has 0 saturated heterocycles. The highest BCUT2D eigenvalue weighted by Crippen LogP contribution is 2.35. The quantitative estimate of drug-likeness (QED) is 0.407. The van der Waals surface area contributed by atoms with E-state index in [1.54, 1.807) is 16.3 Å². The predicted octanol–water partition coefficient (Wildman–Crippen LogP) is 3.67. The lowest BCUT2D eigenvalue weighted by Gasteiger charge is -2.26. The number of nitrogens with zero attached hydrogens (tertiary/aromatic N) is 7. The van der Waals surface area contributed by atoms with Crippen LogP contribution in [0.4, 0.5) is 4.39 Å². The van der Waals surface area contributed by atoms with E-state index in [0.29, 0.717) is 48.0 Å². The second-order valence-electron chi connectivity index (χ2n) is 8.58. The molecule has 1 N–H and O–H groups in total. The van der Waals surface area contributed by atoms with E-state index in [1.165, 1.54) is 18.3 Å². The maximum Gasteiger partial charge on any atom is 0.179 e. The summed E-state index contributed by atoms with van der Waals surface area (Å²) in [6.07, 6.45) is 6.92. The average molecular weight is 496 g/mol. The van der Waals surface area contributed by atoms with Crippen molar-refractivity contribution in [2.24, 2.45) is 0 Å². The van der Waals surface area contributed by atoms with Crippen LogP contribution in [0.15, 0.2) is 36.8 Å². The first-order chi connectivity index (χ1) is 16.8. The fourth-order valence-corrected chi connectivity index (χ4v) is 4.52. The van der Waals surface area contributed by atoms with Crippen LogP contribution in [0.5, 0.6) is 5.75 Å². The number of aliphatic hydroxyl groups is 1. The molecular formula is C24H23ClFN7O2. The number of hydrogen-bond donors (Lipinski definition) is 1. The molecule has 11 heteroatoms. The van der Waals surface area contributed by atoms with E-state index in [0.717, 1.165) is 28.7 Å². The van der Waals surface area contributed by atoms with E-state index in [4.69, 9.17) is 21.4 Å². The molecule has 1 atom stereocenters. The summed E-state index contributed by atoms with van der Waals surface area (Å²) in [6, 6.07) is 4.52. The largest absolute Gasteiger partial charge is 0.488 e. The highest BCUT2D eigenvalue weighted by Gasteiger charge is 2.31. The summed E-state index contributed by atoms with van der Waals surface area (Å²) in [7, 11) is 0. The van der Waals surface area contributed by atoms with Gasteiger partial charge in [0.05, 0.1) is 47.6 Å². The van der Waals surface area contributed by atoms with Gasteiger partial charge in [0.25, 0.3) is 0 Å². The Morgan fingerprint density at radius 1 is 1.31 bits per heavy atom. The van der Waals surface area contributed by atoms with Gasteiger partial charge in [-0.2, -0.15) is 15.5 Å². The third-order valence-corrected chi connectivity index (χ3v) is 6.72. The molecule has 0 radical (unpaired) electrons. The molecule has 5 rings (SSSR count). The van der Waals surface area contributed by atoms with Gasteiger partial charge in [-0.3, -0.25) is 9.67 Å². The molecule has 4 aromatic heterocycles. The molecule has 1 aliphatic heterocycles. The zero-order valence-electron chi connectivity index (χ0n) is 19.2. The number of fused-ring (bicyclic) bond motifs is 2. The summed E-state index contributed by atoms with van der Waals surface area (Å²) < 4.78 is 23.0. The molecule has 0 bridgehead atoms. The van der Waals surface area contributed by atoms with Crippen molar-refractivity contribution in [1.82, 2.24) is 29.3 Å². The van der Waals surface area contributed by atoms with Gasteiger partial charge in [0.1, 0.15) is 29.3 Å². The Bertz CT molecular complexity index is 1440. The molecule has 1 aliphatic rings. The summed E-state index contributed by atoms with van der Waals surface area (Å²) in [6.45, 7) is 5.39. The zero-order chi connectivity index (χ0) is 24.7. The number of halogens is 2. The Morgan fingerprint density at radius 3 is 2.86 bits per heavy atom. The maximum atomic E-state index is 13.4. The van der Waals surface area contributed by atoms with Crippen molar-refractivity contribution in [2.75, 3.05) is 13.2 Å². The standard InChI is InChI=1S/C24H23ClFN7O2/c1-3-24(34,21-5-4-17(26)9-28-21)13-35-20-8-16(11-33-23(20)18(25)10-29-33)22-15(2)19-12-31(14-27)6-7-32(19)30-22/h4-5,8-11,34H,3,6-7,12-13H2,1-2H3. The van der Waals surface area contributed by atoms with Gasteiger partial charge in [0.15, 0.2) is 6.19 Å². The van der Waals surface area contributed by atoms with E-state index >= 15 is 0 Å². The van der Waals surface area contributed by atoms with Crippen LogP contribution < -0.4 is 4.74 Å². The molecule has 9 nitrogen and oxygen atoms in total. The van der Waals surface area contributed by atoms with E-state index < -0.39 is 11.4 Å². The van der Waals surface area contributed by atoms with Crippen molar-refractivity contribution >= 4 is 17.1 Å². The van der Waals surface area contributed by atoms with E-state index in [-0.39, 0.29) is 6.61 Å². The summed E-state index contributed by atoms with van der Waals surface area (Å²) >= 11 is 6.40. The fourth-order valence-electron chi connectivity index (χ4n) is 4.30. The van der Waals surface area contributed by atoms with Crippen LogP contribution in [0.1, 0.15) is 30.3 Å². The minimum absolute atomic E-state index is 0.126. The average Bonchev–Trinajstić information content (AvgIpc) is 3.42. The highest BCUT2D eigenvalue weighted by molar-refractivity contribution is 6.34. The van der Waals surface area contributed by atoms with Gasteiger partial charge in [-0.25, -0.2) is 8.91 Å². The number of nitriles is 1. The normalized spacial score (nSPS) is 15.0. The third-order valence-electron chi connectivity index (χ3n) is 6.45. The van der Waals surface area contributed by atoms with Crippen LogP contribution in [0.2, 0.25) is 5.02 Å². The molecule has 5 heterocycles. The first-order valence-corrected chi connectivity index (χ1v) is 11.6. The fraction of sp³-hybridized carbons (Fsp3) is 0.333. The van der Waals surface area contributed by atoms with Crippen molar-refractivity contribution < 1.29 is 14.2 Å². The zero-order valence-corrected chi connectivity index (χ0v) is 20.0. The van der Waals surface area contributed by atoms with Crippen molar-refractivity contribution in [3.8, 4) is 23.2 Å². The topological polar surface area (TPSA) is 104 Å². The Labute approximate surface area is 205 Å². The van der Waals surface area contributed by atoms with Gasteiger partial charge >= 0.3 is 0 Å². The van der Waals surface area contributed by atoms with Gasteiger partial charge in [0, 0.05) is 23.9 Å². The maximum absolute atomic E-state index is 13.4. The van der Waals surface area contributed by atoms with Crippen LogP contribution in [0, 0.1) is 24.2 Å². The number of aromatic nitrogens is 5. The van der Waals surface area contributed by atoms with Crippen molar-refractivity contribution in [3.63, 3.8) is 0 Å². The van der Waals surface area contributed by atoms with Crippen LogP contribution in [-0.4, -0.2) is 47.5 Å². The molecule has 0 saturated carbocycles. The molecule has 1 unspecified atom stereocenters. The van der Waals surface area contributed by atoms with E-state index in [2.05, 4.69) is 16.3 Å². The molecule has 0 fully saturated rings. The van der Waals surface area contributed by atoms with Gasteiger partial charge in [0.2, 0.25) is 0 Å². The molecule has 4 aromatic rings. The summed E-state index contributed by atoms with van der Waals surface area (Å²) in [5.41, 5.74) is 2.90. The summed E-state index contributed by atoms with van der Waals surface area (Å²) in [4.78, 5) is 5.74. The smallest absolute Gasteiger partial charge is 0.179 e. The Hall–Kier alpha value is -3.68. The van der Waals surface area contributed by atoms with Crippen LogP contribution in [0.3, 0.4) is 0 Å². The first-order valence-electron chi connectivity index (χ1n) is 11.2. The van der Waals surface area contributed by atoms with Crippen molar-refractivity contribution in [2.45, 2.75) is 39.0 Å². The van der Waals surface area contributed by atoms with E-state index in [1.807, 2.05) is 23.9 Å². The second kappa shape index (κ2) is 8.83. The monoisotopic (exact) mass is 495 g/mol. The van der Waals surface area contributed by atoms with Gasteiger partial charge < -0.3 is 14.7 Å². The SMILES string of the molecule is CCC(O)(COc1cc(-c2nn3c(c2C)CN(C#N)CC3)cn2ncc(Cl)c12)c1ccc(F)cn1. The van der Waals surface area contributed by atoms with Gasteiger partial charge in [-0.1, -0.05) is 18.5 Å². The molecule has 0 amide bonds. The lowest BCUT2D eigenvalue weighted by Crippen LogP contribution is -2.33. The minimum atomic E-state index is -1.43. The van der Waals surface area contributed by atoms with Gasteiger partial charge in [-0.15, -0.1) is 0 Å². The number of pyridine rings is 2. The number of ether oxygens (including phenoxy) is 1. The highest BCUT2D eigenvalue weighted by atomic mass is 35.5. The summed E-state index contributed by atoms with van der Waals surface area (Å²) in [5.74, 6) is -0.0624. The molecule has 0 aromatic carbocycles. The third kappa shape index (κ3) is 4.07. The Kier molecular flexibility index (Phi) is 5.83. The molecule has 180 valence electrons. The Balaban J connectivity index is 1.53. The van der Waals surface area contributed by atoms with E-state index in [9.17, 15) is 14.8 Å². The molecule has 35 heavy (non-hydrogen) atoms. The predicted molar refractivity (Wildman–Crippen MR) is 126 cm³/mol. The van der Waals surface area contributed by atoms with Crippen LogP contribution in [-0.2, 0) is 18.7 Å². The second-order valence-corrected chi connectivity index (χ2v) is 8.99. The summed E-state index contributed by atoms with van der Waals surface area (Å²) in [5, 5.41) is 30.0. The first kappa shape index (κ1) is 23.1. The molecular weight excluding hydrogens is 473 g/mol. The molecule has 0 aliphatic carbocycles.